The zero-order valence-corrected chi connectivity index (χ0v) is 18.0. The molecule has 0 fully saturated rings. The van der Waals surface area contributed by atoms with Gasteiger partial charge in [0.1, 0.15) is 0 Å². The van der Waals surface area contributed by atoms with Crippen molar-refractivity contribution >= 4 is 23.1 Å². The molecule has 1 unspecified atom stereocenters. The number of aromatic nitrogens is 1. The molecule has 0 aliphatic carbocycles. The Bertz CT molecular complexity index is 1020. The molecule has 1 aliphatic rings. The number of methoxy groups -OCH3 is 1. The molecule has 1 N–H and O–H groups in total. The molecule has 0 bridgehead atoms. The topological polar surface area (TPSA) is 71.5 Å². The summed E-state index contributed by atoms with van der Waals surface area (Å²) in [6, 6.07) is 12.7. The Hall–Kier alpha value is -3.41. The highest BCUT2D eigenvalue weighted by Crippen LogP contribution is 2.52. The Kier molecular flexibility index (Phi) is 5.53. The molecule has 2 aromatic rings. The van der Waals surface area contributed by atoms with E-state index in [4.69, 9.17) is 4.74 Å². The molecule has 1 aromatic heterocycles. The van der Waals surface area contributed by atoms with Crippen LogP contribution in [0.15, 0.2) is 67.1 Å². The summed E-state index contributed by atoms with van der Waals surface area (Å²) in [6.45, 7) is 11.6. The van der Waals surface area contributed by atoms with Crippen LogP contribution in [0.2, 0.25) is 0 Å². The number of anilines is 1. The fourth-order valence-electron chi connectivity index (χ4n) is 3.65. The number of nitrogens with one attached hydrogen (secondary N) is 1. The van der Waals surface area contributed by atoms with Gasteiger partial charge in [0, 0.05) is 23.4 Å². The number of nitrogens with zero attached hydrogens (tertiary/aromatic N) is 2. The third-order valence-electron chi connectivity index (χ3n) is 4.96. The largest absolute Gasteiger partial charge is 0.501 e. The first-order valence-electron chi connectivity index (χ1n) is 9.72. The number of fused-ring (bicyclic) bond motifs is 1. The first-order valence-corrected chi connectivity index (χ1v) is 9.72. The summed E-state index contributed by atoms with van der Waals surface area (Å²) in [4.78, 5) is 33.3. The van der Waals surface area contributed by atoms with E-state index in [1.54, 1.807) is 31.3 Å². The van der Waals surface area contributed by atoms with Crippen molar-refractivity contribution in [2.24, 2.45) is 0 Å². The number of allylic oxidation sites excluding steroid dienone is 1. The van der Waals surface area contributed by atoms with Crippen LogP contribution >= 0.6 is 0 Å². The number of benzene rings is 1. The molecule has 1 aliphatic heterocycles. The highest BCUT2D eigenvalue weighted by atomic mass is 16.5. The van der Waals surface area contributed by atoms with Gasteiger partial charge in [-0.1, -0.05) is 30.8 Å². The molecule has 6 heteroatoms. The molecule has 2 heterocycles. The summed E-state index contributed by atoms with van der Waals surface area (Å²) in [5.74, 6) is -0.331. The minimum absolute atomic E-state index is 0.369. The van der Waals surface area contributed by atoms with Crippen molar-refractivity contribution in [2.75, 3.05) is 12.0 Å². The molecule has 156 valence electrons. The zero-order valence-electron chi connectivity index (χ0n) is 18.0. The van der Waals surface area contributed by atoms with Gasteiger partial charge >= 0.3 is 0 Å². The van der Waals surface area contributed by atoms with Crippen LogP contribution in [0, 0.1) is 0 Å². The van der Waals surface area contributed by atoms with E-state index in [1.165, 1.54) is 18.1 Å². The smallest absolute Gasteiger partial charge is 0.257 e. The average molecular weight is 405 g/mol. The lowest BCUT2D eigenvalue weighted by Gasteiger charge is -2.39. The van der Waals surface area contributed by atoms with Crippen molar-refractivity contribution in [1.82, 2.24) is 10.3 Å². The van der Waals surface area contributed by atoms with E-state index >= 15 is 0 Å². The third kappa shape index (κ3) is 3.49. The maximum Gasteiger partial charge on any atom is 0.257 e. The van der Waals surface area contributed by atoms with Crippen molar-refractivity contribution in [3.05, 3.63) is 78.3 Å². The van der Waals surface area contributed by atoms with Crippen LogP contribution in [-0.2, 0) is 19.9 Å². The second kappa shape index (κ2) is 7.78. The summed E-state index contributed by atoms with van der Waals surface area (Å²) >= 11 is 0. The van der Waals surface area contributed by atoms with Crippen LogP contribution in [0.1, 0.15) is 39.0 Å². The molecule has 30 heavy (non-hydrogen) atoms. The summed E-state index contributed by atoms with van der Waals surface area (Å²) in [7, 11) is 1.49. The predicted molar refractivity (Wildman–Crippen MR) is 118 cm³/mol. The van der Waals surface area contributed by atoms with E-state index < -0.39 is 17.0 Å². The highest BCUT2D eigenvalue weighted by Gasteiger charge is 2.57. The summed E-state index contributed by atoms with van der Waals surface area (Å²) in [6.07, 6.45) is 2.98. The van der Waals surface area contributed by atoms with Crippen molar-refractivity contribution in [3.63, 3.8) is 0 Å². The second-order valence-corrected chi connectivity index (χ2v) is 8.26. The molecule has 2 amide bonds. The van der Waals surface area contributed by atoms with Crippen LogP contribution < -0.4 is 10.2 Å². The lowest BCUT2D eigenvalue weighted by molar-refractivity contribution is -0.128. The molecule has 1 aromatic carbocycles. The molecule has 0 radical (unpaired) electrons. The standard InChI is InChI=1S/C24H27N3O3/c1-16(30-6)15-21(28)27-19-12-8-7-11-18(19)17(2)24(27,20-13-9-10-14-25-20)22(29)26-23(3,4)5/h7-15H,2H2,1,3-6H3,(H,26,29). The molecular formula is C24H27N3O3. The van der Waals surface area contributed by atoms with Crippen molar-refractivity contribution in [2.45, 2.75) is 38.8 Å². The quantitative estimate of drug-likeness (QED) is 0.620. The summed E-state index contributed by atoms with van der Waals surface area (Å²) in [5.41, 5.74) is 0.187. The SMILES string of the molecule is C=C1c2ccccc2N(C(=O)C=C(C)OC)C1(C(=O)NC(C)(C)C)c1ccccn1. The number of amides is 2. The number of rotatable bonds is 4. The van der Waals surface area contributed by atoms with E-state index in [0.717, 1.165) is 5.56 Å². The van der Waals surface area contributed by atoms with Gasteiger partial charge < -0.3 is 10.1 Å². The summed E-state index contributed by atoms with van der Waals surface area (Å²) < 4.78 is 5.19. The Morgan fingerprint density at radius 1 is 1.17 bits per heavy atom. The number of pyridine rings is 1. The lowest BCUT2D eigenvalue weighted by atomic mass is 9.83. The number of ether oxygens (including phenoxy) is 1. The maximum absolute atomic E-state index is 13.9. The van der Waals surface area contributed by atoms with E-state index in [-0.39, 0.29) is 5.91 Å². The Labute approximate surface area is 177 Å². The molecule has 1 atom stereocenters. The Morgan fingerprint density at radius 3 is 2.43 bits per heavy atom. The number of carbonyl (C=O) groups excluding carboxylic acids is 2. The highest BCUT2D eigenvalue weighted by molar-refractivity contribution is 6.20. The van der Waals surface area contributed by atoms with Gasteiger partial charge in [0.25, 0.3) is 11.8 Å². The fraction of sp³-hybridized carbons (Fsp3) is 0.292. The monoisotopic (exact) mass is 405 g/mol. The van der Waals surface area contributed by atoms with Gasteiger partial charge in [0.15, 0.2) is 5.54 Å². The summed E-state index contributed by atoms with van der Waals surface area (Å²) in [5, 5.41) is 3.03. The molecular weight excluding hydrogens is 378 g/mol. The van der Waals surface area contributed by atoms with Crippen molar-refractivity contribution in [3.8, 4) is 0 Å². The normalized spacial score (nSPS) is 18.8. The predicted octanol–water partition coefficient (Wildman–Crippen LogP) is 3.80. The number of carbonyl (C=O) groups is 2. The van der Waals surface area contributed by atoms with Gasteiger partial charge in [-0.05, 0) is 51.5 Å². The molecule has 6 nitrogen and oxygen atoms in total. The van der Waals surface area contributed by atoms with Crippen LogP contribution in [-0.4, -0.2) is 29.4 Å². The van der Waals surface area contributed by atoms with Crippen molar-refractivity contribution < 1.29 is 14.3 Å². The van der Waals surface area contributed by atoms with Gasteiger partial charge in [-0.3, -0.25) is 19.5 Å². The van der Waals surface area contributed by atoms with E-state index in [0.29, 0.717) is 22.7 Å². The van der Waals surface area contributed by atoms with Gasteiger partial charge in [-0.2, -0.15) is 0 Å². The number of hydrogen-bond acceptors (Lipinski definition) is 4. The van der Waals surface area contributed by atoms with Gasteiger partial charge in [0.2, 0.25) is 0 Å². The second-order valence-electron chi connectivity index (χ2n) is 8.26. The molecule has 0 saturated heterocycles. The fourth-order valence-corrected chi connectivity index (χ4v) is 3.65. The number of hydrogen-bond donors (Lipinski definition) is 1. The van der Waals surface area contributed by atoms with Crippen LogP contribution in [0.4, 0.5) is 5.69 Å². The average Bonchev–Trinajstić information content (AvgIpc) is 2.97. The van der Waals surface area contributed by atoms with E-state index in [1.807, 2.05) is 45.0 Å². The first kappa shape index (κ1) is 21.3. The zero-order chi connectivity index (χ0) is 22.1. The van der Waals surface area contributed by atoms with E-state index in [9.17, 15) is 9.59 Å². The minimum atomic E-state index is -1.53. The lowest BCUT2D eigenvalue weighted by Crippen LogP contribution is -2.60. The third-order valence-corrected chi connectivity index (χ3v) is 4.96. The Balaban J connectivity index is 2.34. The molecule has 0 spiro atoms. The Morgan fingerprint density at radius 2 is 1.83 bits per heavy atom. The minimum Gasteiger partial charge on any atom is -0.501 e. The van der Waals surface area contributed by atoms with Crippen LogP contribution in [0.3, 0.4) is 0 Å². The van der Waals surface area contributed by atoms with Crippen LogP contribution in [0.25, 0.3) is 5.57 Å². The first-order chi connectivity index (χ1) is 14.1. The van der Waals surface area contributed by atoms with Gasteiger partial charge in [-0.25, -0.2) is 0 Å². The molecule has 0 saturated carbocycles. The maximum atomic E-state index is 13.9. The van der Waals surface area contributed by atoms with Gasteiger partial charge in [0.05, 0.1) is 24.3 Å². The van der Waals surface area contributed by atoms with E-state index in [2.05, 4.69) is 16.9 Å². The number of para-hydroxylation sites is 1. The van der Waals surface area contributed by atoms with Gasteiger partial charge in [-0.15, -0.1) is 0 Å². The van der Waals surface area contributed by atoms with Crippen molar-refractivity contribution in [1.29, 1.82) is 0 Å². The van der Waals surface area contributed by atoms with Crippen LogP contribution in [0.5, 0.6) is 0 Å². The molecule has 3 rings (SSSR count).